The van der Waals surface area contributed by atoms with E-state index in [0.29, 0.717) is 23.1 Å². The number of nitrogens with two attached hydrogens (primary N) is 1. The summed E-state index contributed by atoms with van der Waals surface area (Å²) >= 11 is 0. The van der Waals surface area contributed by atoms with E-state index in [2.05, 4.69) is 15.0 Å². The van der Waals surface area contributed by atoms with Gasteiger partial charge < -0.3 is 5.73 Å². The van der Waals surface area contributed by atoms with E-state index in [1.54, 1.807) is 30.5 Å². The Morgan fingerprint density at radius 2 is 2.19 bits per heavy atom. The zero-order valence-corrected chi connectivity index (χ0v) is 8.29. The highest BCUT2D eigenvalue weighted by Gasteiger charge is 2.31. The third-order valence-electron chi connectivity index (χ3n) is 2.54. The van der Waals surface area contributed by atoms with Gasteiger partial charge in [-0.25, -0.2) is 15.0 Å². The lowest BCUT2D eigenvalue weighted by Crippen LogP contribution is -2.30. The van der Waals surface area contributed by atoms with Gasteiger partial charge in [-0.05, 0) is 18.2 Å². The number of carbonyl (C=O) groups is 1. The lowest BCUT2D eigenvalue weighted by molar-refractivity contribution is 0.0970. The SMILES string of the molecule is NC1=NC2=Nc3ncccc3C(=O)C2C=C1. The molecule has 78 valence electrons. The van der Waals surface area contributed by atoms with Gasteiger partial charge in [0.1, 0.15) is 17.6 Å². The first-order valence-corrected chi connectivity index (χ1v) is 4.86. The summed E-state index contributed by atoms with van der Waals surface area (Å²) < 4.78 is 0. The zero-order chi connectivity index (χ0) is 11.1. The summed E-state index contributed by atoms with van der Waals surface area (Å²) in [5.74, 6) is 0.772. The molecule has 2 N–H and O–H groups in total. The molecule has 0 aliphatic carbocycles. The van der Waals surface area contributed by atoms with E-state index in [4.69, 9.17) is 5.73 Å². The first-order chi connectivity index (χ1) is 7.75. The topological polar surface area (TPSA) is 80.7 Å². The van der Waals surface area contributed by atoms with Crippen LogP contribution in [-0.4, -0.2) is 22.4 Å². The van der Waals surface area contributed by atoms with E-state index in [9.17, 15) is 4.79 Å². The zero-order valence-electron chi connectivity index (χ0n) is 8.29. The lowest BCUT2D eigenvalue weighted by atomic mass is 9.92. The van der Waals surface area contributed by atoms with Crippen LogP contribution in [0.15, 0.2) is 40.5 Å². The Hall–Kier alpha value is -2.30. The summed E-state index contributed by atoms with van der Waals surface area (Å²) in [5, 5.41) is 0. The lowest BCUT2D eigenvalue weighted by Gasteiger charge is -2.20. The molecule has 3 heterocycles. The van der Waals surface area contributed by atoms with Crippen molar-refractivity contribution in [1.29, 1.82) is 0 Å². The Labute approximate surface area is 91.4 Å². The van der Waals surface area contributed by atoms with Crippen LogP contribution in [0.5, 0.6) is 0 Å². The number of amidine groups is 2. The highest BCUT2D eigenvalue weighted by molar-refractivity contribution is 6.22. The van der Waals surface area contributed by atoms with E-state index in [1.165, 1.54) is 0 Å². The summed E-state index contributed by atoms with van der Waals surface area (Å²) in [6.45, 7) is 0. The molecular formula is C11H8N4O. The van der Waals surface area contributed by atoms with Crippen molar-refractivity contribution in [2.24, 2.45) is 21.6 Å². The highest BCUT2D eigenvalue weighted by Crippen LogP contribution is 2.28. The molecule has 0 aromatic carbocycles. The fourth-order valence-electron chi connectivity index (χ4n) is 1.77. The maximum atomic E-state index is 12.1. The maximum absolute atomic E-state index is 12.1. The molecule has 0 bridgehead atoms. The number of hydrogen-bond acceptors (Lipinski definition) is 5. The largest absolute Gasteiger partial charge is 0.384 e. The molecule has 5 nitrogen and oxygen atoms in total. The molecule has 0 amide bonds. The van der Waals surface area contributed by atoms with Crippen LogP contribution in [0.4, 0.5) is 5.82 Å². The molecule has 2 aliphatic rings. The van der Waals surface area contributed by atoms with Crippen LogP contribution in [0.2, 0.25) is 0 Å². The van der Waals surface area contributed by atoms with Gasteiger partial charge in [-0.2, -0.15) is 0 Å². The minimum Gasteiger partial charge on any atom is -0.384 e. The van der Waals surface area contributed by atoms with Crippen molar-refractivity contribution in [2.45, 2.75) is 0 Å². The summed E-state index contributed by atoms with van der Waals surface area (Å²) in [7, 11) is 0. The number of pyridine rings is 1. The van der Waals surface area contributed by atoms with Crippen LogP contribution in [-0.2, 0) is 0 Å². The van der Waals surface area contributed by atoms with Crippen molar-refractivity contribution >= 4 is 23.3 Å². The van der Waals surface area contributed by atoms with Gasteiger partial charge in [0, 0.05) is 6.20 Å². The van der Waals surface area contributed by atoms with Crippen LogP contribution in [0.3, 0.4) is 0 Å². The predicted octanol–water partition coefficient (Wildman–Crippen LogP) is 0.851. The number of ketones is 1. The third-order valence-corrected chi connectivity index (χ3v) is 2.54. The Morgan fingerprint density at radius 1 is 1.31 bits per heavy atom. The molecule has 1 unspecified atom stereocenters. The summed E-state index contributed by atoms with van der Waals surface area (Å²) in [5.41, 5.74) is 6.10. The van der Waals surface area contributed by atoms with Gasteiger partial charge in [0.15, 0.2) is 11.6 Å². The normalized spacial score (nSPS) is 22.0. The highest BCUT2D eigenvalue weighted by atomic mass is 16.1. The van der Waals surface area contributed by atoms with Crippen LogP contribution in [0.1, 0.15) is 10.4 Å². The second kappa shape index (κ2) is 3.10. The summed E-state index contributed by atoms with van der Waals surface area (Å²) in [6.07, 6.45) is 4.95. The van der Waals surface area contributed by atoms with Gasteiger partial charge in [0.05, 0.1) is 5.56 Å². The minimum atomic E-state index is -0.413. The molecule has 0 saturated heterocycles. The molecule has 0 spiro atoms. The predicted molar refractivity (Wildman–Crippen MR) is 59.9 cm³/mol. The van der Waals surface area contributed by atoms with Gasteiger partial charge >= 0.3 is 0 Å². The standard InChI is InChI=1S/C11H8N4O/c12-8-4-3-7-9(16)6-2-1-5-13-10(6)15-11(7)14-8/h1-5,7H,(H2,12,13,14,15). The second-order valence-electron chi connectivity index (χ2n) is 3.58. The number of carbonyl (C=O) groups excluding carboxylic acids is 1. The van der Waals surface area contributed by atoms with Gasteiger partial charge in [0.2, 0.25) is 0 Å². The third kappa shape index (κ3) is 1.18. The number of nitrogens with zero attached hydrogens (tertiary/aromatic N) is 3. The maximum Gasteiger partial charge on any atom is 0.181 e. The van der Waals surface area contributed by atoms with Gasteiger partial charge in [0.25, 0.3) is 0 Å². The number of Topliss-reactive ketones (excluding diaryl/α,β-unsaturated/α-hetero) is 1. The van der Waals surface area contributed by atoms with Crippen molar-refractivity contribution in [3.05, 3.63) is 36.0 Å². The number of aliphatic imine (C=N–C) groups is 2. The molecule has 3 rings (SSSR count). The molecule has 5 heteroatoms. The average Bonchev–Trinajstić information content (AvgIpc) is 2.29. The van der Waals surface area contributed by atoms with Crippen molar-refractivity contribution in [2.75, 3.05) is 0 Å². The molecular weight excluding hydrogens is 204 g/mol. The first-order valence-electron chi connectivity index (χ1n) is 4.86. The number of aromatic nitrogens is 1. The molecule has 0 radical (unpaired) electrons. The van der Waals surface area contributed by atoms with E-state index in [1.807, 2.05) is 0 Å². The number of rotatable bonds is 0. The smallest absolute Gasteiger partial charge is 0.181 e. The molecule has 1 aromatic rings. The number of dihydropyridines is 1. The van der Waals surface area contributed by atoms with Crippen molar-refractivity contribution < 1.29 is 4.79 Å². The quantitative estimate of drug-likeness (QED) is 0.692. The molecule has 1 aromatic heterocycles. The second-order valence-corrected chi connectivity index (χ2v) is 3.58. The summed E-state index contributed by atoms with van der Waals surface area (Å²) in [4.78, 5) is 24.4. The van der Waals surface area contributed by atoms with Gasteiger partial charge in [-0.1, -0.05) is 6.08 Å². The van der Waals surface area contributed by atoms with Crippen molar-refractivity contribution in [3.8, 4) is 0 Å². The van der Waals surface area contributed by atoms with E-state index < -0.39 is 5.92 Å². The number of hydrogen-bond donors (Lipinski definition) is 1. The van der Waals surface area contributed by atoms with E-state index in [0.717, 1.165) is 0 Å². The molecule has 16 heavy (non-hydrogen) atoms. The summed E-state index contributed by atoms with van der Waals surface area (Å²) in [6, 6.07) is 3.45. The molecule has 2 aliphatic heterocycles. The van der Waals surface area contributed by atoms with Crippen LogP contribution in [0, 0.1) is 5.92 Å². The van der Waals surface area contributed by atoms with Crippen molar-refractivity contribution in [3.63, 3.8) is 0 Å². The molecule has 0 fully saturated rings. The van der Waals surface area contributed by atoms with Gasteiger partial charge in [-0.3, -0.25) is 4.79 Å². The Bertz CT molecular complexity index is 571. The number of fused-ring (bicyclic) bond motifs is 2. The fourth-order valence-corrected chi connectivity index (χ4v) is 1.77. The van der Waals surface area contributed by atoms with Crippen LogP contribution in [0.25, 0.3) is 0 Å². The Morgan fingerprint density at radius 3 is 3.06 bits per heavy atom. The fraction of sp³-hybridized carbons (Fsp3) is 0.0909. The van der Waals surface area contributed by atoms with E-state index in [-0.39, 0.29) is 5.78 Å². The molecule has 1 atom stereocenters. The van der Waals surface area contributed by atoms with E-state index >= 15 is 0 Å². The van der Waals surface area contributed by atoms with Crippen molar-refractivity contribution in [1.82, 2.24) is 4.98 Å². The Kier molecular flexibility index (Phi) is 1.73. The van der Waals surface area contributed by atoms with Crippen LogP contribution >= 0.6 is 0 Å². The first kappa shape index (κ1) is 8.96. The Balaban J connectivity index is 2.21. The molecule has 0 saturated carbocycles. The average molecular weight is 212 g/mol. The van der Waals surface area contributed by atoms with Crippen LogP contribution < -0.4 is 5.73 Å². The van der Waals surface area contributed by atoms with Gasteiger partial charge in [-0.15, -0.1) is 0 Å². The minimum absolute atomic E-state index is 0.0272. The monoisotopic (exact) mass is 212 g/mol.